The van der Waals surface area contributed by atoms with Crippen LogP contribution in [-0.2, 0) is 9.53 Å². The van der Waals surface area contributed by atoms with Gasteiger partial charge in [0.25, 0.3) is 0 Å². The SMILES string of the molecule is CCOC(=O)N1CCN(C(=O)C=Cc2cc(Cl)ccc2Cl)CC1. The molecule has 1 saturated heterocycles. The summed E-state index contributed by atoms with van der Waals surface area (Å²) in [4.78, 5) is 27.1. The van der Waals surface area contributed by atoms with Crippen molar-refractivity contribution in [2.24, 2.45) is 0 Å². The van der Waals surface area contributed by atoms with Crippen molar-refractivity contribution in [2.45, 2.75) is 6.92 Å². The van der Waals surface area contributed by atoms with E-state index in [2.05, 4.69) is 0 Å². The summed E-state index contributed by atoms with van der Waals surface area (Å²) in [5.41, 5.74) is 0.692. The van der Waals surface area contributed by atoms with Gasteiger partial charge in [0.1, 0.15) is 0 Å². The first kappa shape index (κ1) is 17.6. The van der Waals surface area contributed by atoms with Gasteiger partial charge in [-0.15, -0.1) is 0 Å². The maximum absolute atomic E-state index is 12.2. The van der Waals surface area contributed by atoms with Crippen LogP contribution in [0.2, 0.25) is 10.0 Å². The number of ether oxygens (including phenoxy) is 1. The molecule has 1 fully saturated rings. The second kappa shape index (κ2) is 8.22. The van der Waals surface area contributed by atoms with Crippen LogP contribution in [0, 0.1) is 0 Å². The second-order valence-electron chi connectivity index (χ2n) is 5.01. The molecule has 23 heavy (non-hydrogen) atoms. The van der Waals surface area contributed by atoms with Gasteiger partial charge in [-0.05, 0) is 36.8 Å². The fourth-order valence-electron chi connectivity index (χ4n) is 2.23. The summed E-state index contributed by atoms with van der Waals surface area (Å²) in [5.74, 6) is -0.121. The van der Waals surface area contributed by atoms with E-state index in [-0.39, 0.29) is 12.0 Å². The fraction of sp³-hybridized carbons (Fsp3) is 0.375. The van der Waals surface area contributed by atoms with E-state index in [0.29, 0.717) is 48.4 Å². The van der Waals surface area contributed by atoms with E-state index in [9.17, 15) is 9.59 Å². The molecule has 0 spiro atoms. The molecule has 2 amide bonds. The average molecular weight is 357 g/mol. The Kier molecular flexibility index (Phi) is 6.30. The molecule has 0 N–H and O–H groups in total. The third kappa shape index (κ3) is 4.88. The minimum absolute atomic E-state index is 0.121. The Hall–Kier alpha value is -1.72. The van der Waals surface area contributed by atoms with E-state index in [1.165, 1.54) is 6.08 Å². The van der Waals surface area contributed by atoms with Gasteiger partial charge in [0.2, 0.25) is 5.91 Å². The maximum Gasteiger partial charge on any atom is 0.409 e. The van der Waals surface area contributed by atoms with Crippen molar-refractivity contribution in [1.82, 2.24) is 9.80 Å². The number of nitrogens with zero attached hydrogens (tertiary/aromatic N) is 2. The van der Waals surface area contributed by atoms with Gasteiger partial charge in [0.05, 0.1) is 6.61 Å². The first-order chi connectivity index (χ1) is 11.0. The van der Waals surface area contributed by atoms with E-state index in [1.54, 1.807) is 41.0 Å². The third-order valence-corrected chi connectivity index (χ3v) is 4.06. The van der Waals surface area contributed by atoms with Crippen LogP contribution >= 0.6 is 23.2 Å². The van der Waals surface area contributed by atoms with Crippen LogP contribution in [0.5, 0.6) is 0 Å². The number of benzene rings is 1. The smallest absolute Gasteiger partial charge is 0.409 e. The summed E-state index contributed by atoms with van der Waals surface area (Å²) in [7, 11) is 0. The Balaban J connectivity index is 1.91. The lowest BCUT2D eigenvalue weighted by Crippen LogP contribution is -2.50. The van der Waals surface area contributed by atoms with Gasteiger partial charge in [-0.2, -0.15) is 0 Å². The molecule has 1 aliphatic rings. The molecule has 124 valence electrons. The molecule has 0 atom stereocenters. The van der Waals surface area contributed by atoms with Crippen molar-refractivity contribution in [3.63, 3.8) is 0 Å². The first-order valence-corrected chi connectivity index (χ1v) is 8.10. The van der Waals surface area contributed by atoms with Crippen molar-refractivity contribution in [3.05, 3.63) is 39.9 Å². The zero-order valence-corrected chi connectivity index (χ0v) is 14.3. The molecule has 2 rings (SSSR count). The zero-order chi connectivity index (χ0) is 16.8. The maximum atomic E-state index is 12.2. The van der Waals surface area contributed by atoms with E-state index < -0.39 is 0 Å². The van der Waals surface area contributed by atoms with Crippen molar-refractivity contribution >= 4 is 41.3 Å². The second-order valence-corrected chi connectivity index (χ2v) is 5.85. The van der Waals surface area contributed by atoms with Gasteiger partial charge >= 0.3 is 6.09 Å². The molecule has 1 heterocycles. The normalized spacial score (nSPS) is 15.1. The molecule has 0 bridgehead atoms. The summed E-state index contributed by atoms with van der Waals surface area (Å²) in [6.45, 7) is 4.01. The molecule has 1 aliphatic heterocycles. The topological polar surface area (TPSA) is 49.9 Å². The van der Waals surface area contributed by atoms with Crippen molar-refractivity contribution in [3.8, 4) is 0 Å². The van der Waals surface area contributed by atoms with Crippen LogP contribution in [0.3, 0.4) is 0 Å². The number of amides is 2. The van der Waals surface area contributed by atoms with Gasteiger partial charge in [-0.25, -0.2) is 4.79 Å². The molecule has 0 saturated carbocycles. The predicted molar refractivity (Wildman–Crippen MR) is 90.7 cm³/mol. The molecular weight excluding hydrogens is 339 g/mol. The number of halogens is 2. The lowest BCUT2D eigenvalue weighted by Gasteiger charge is -2.33. The minimum Gasteiger partial charge on any atom is -0.450 e. The monoisotopic (exact) mass is 356 g/mol. The highest BCUT2D eigenvalue weighted by molar-refractivity contribution is 6.34. The summed E-state index contributed by atoms with van der Waals surface area (Å²) in [6, 6.07) is 5.08. The Bertz CT molecular complexity index is 611. The highest BCUT2D eigenvalue weighted by Gasteiger charge is 2.23. The third-order valence-electron chi connectivity index (χ3n) is 3.48. The average Bonchev–Trinajstić information content (AvgIpc) is 2.55. The first-order valence-electron chi connectivity index (χ1n) is 7.35. The molecule has 0 unspecified atom stereocenters. The molecule has 7 heteroatoms. The van der Waals surface area contributed by atoms with E-state index >= 15 is 0 Å². The van der Waals surface area contributed by atoms with Crippen molar-refractivity contribution < 1.29 is 14.3 Å². The number of piperazine rings is 1. The van der Waals surface area contributed by atoms with Gasteiger partial charge in [0.15, 0.2) is 0 Å². The van der Waals surface area contributed by atoms with Gasteiger partial charge in [-0.1, -0.05) is 23.2 Å². The van der Waals surface area contributed by atoms with Crippen molar-refractivity contribution in [2.75, 3.05) is 32.8 Å². The highest BCUT2D eigenvalue weighted by atomic mass is 35.5. The van der Waals surface area contributed by atoms with Gasteiger partial charge in [0, 0.05) is 42.3 Å². The van der Waals surface area contributed by atoms with Crippen LogP contribution in [-0.4, -0.2) is 54.6 Å². The number of hydrogen-bond acceptors (Lipinski definition) is 3. The van der Waals surface area contributed by atoms with E-state index in [1.807, 2.05) is 0 Å². The van der Waals surface area contributed by atoms with E-state index in [0.717, 1.165) is 0 Å². The van der Waals surface area contributed by atoms with Crippen LogP contribution in [0.15, 0.2) is 24.3 Å². The Morgan fingerprint density at radius 2 is 1.83 bits per heavy atom. The Morgan fingerprint density at radius 3 is 2.48 bits per heavy atom. The van der Waals surface area contributed by atoms with E-state index in [4.69, 9.17) is 27.9 Å². The molecule has 0 radical (unpaired) electrons. The molecular formula is C16H18Cl2N2O3. The summed E-state index contributed by atoms with van der Waals surface area (Å²) in [6.07, 6.45) is 2.78. The van der Waals surface area contributed by atoms with Gasteiger partial charge in [-0.3, -0.25) is 4.79 Å². The standard InChI is InChI=1S/C16H18Cl2N2O3/c1-2-23-16(22)20-9-7-19(8-10-20)15(21)6-3-12-11-13(17)4-5-14(12)18/h3-6,11H,2,7-10H2,1H3. The largest absolute Gasteiger partial charge is 0.450 e. The summed E-state index contributed by atoms with van der Waals surface area (Å²) < 4.78 is 4.95. The van der Waals surface area contributed by atoms with Crippen LogP contribution in [0.4, 0.5) is 4.79 Å². The lowest BCUT2D eigenvalue weighted by atomic mass is 10.2. The highest BCUT2D eigenvalue weighted by Crippen LogP contribution is 2.21. The molecule has 1 aromatic carbocycles. The molecule has 0 aromatic heterocycles. The quantitative estimate of drug-likeness (QED) is 0.780. The number of hydrogen-bond donors (Lipinski definition) is 0. The molecule has 5 nitrogen and oxygen atoms in total. The number of carbonyl (C=O) groups excluding carboxylic acids is 2. The van der Waals surface area contributed by atoms with Crippen LogP contribution < -0.4 is 0 Å². The molecule has 1 aromatic rings. The van der Waals surface area contributed by atoms with Crippen molar-refractivity contribution in [1.29, 1.82) is 0 Å². The lowest BCUT2D eigenvalue weighted by molar-refractivity contribution is -0.127. The number of carbonyl (C=O) groups is 2. The fourth-order valence-corrected chi connectivity index (χ4v) is 2.59. The predicted octanol–water partition coefficient (Wildman–Crippen LogP) is 3.31. The zero-order valence-electron chi connectivity index (χ0n) is 12.8. The van der Waals surface area contributed by atoms with Gasteiger partial charge < -0.3 is 14.5 Å². The van der Waals surface area contributed by atoms with Crippen LogP contribution in [0.25, 0.3) is 6.08 Å². The minimum atomic E-state index is -0.333. The Labute approximate surface area is 145 Å². The van der Waals surface area contributed by atoms with Crippen LogP contribution in [0.1, 0.15) is 12.5 Å². The summed E-state index contributed by atoms with van der Waals surface area (Å²) in [5, 5.41) is 1.09. The molecule has 0 aliphatic carbocycles. The number of rotatable bonds is 3. The Morgan fingerprint density at radius 1 is 1.17 bits per heavy atom. The summed E-state index contributed by atoms with van der Waals surface area (Å²) >= 11 is 12.0.